The Morgan fingerprint density at radius 1 is 1.22 bits per heavy atom. The first-order valence-corrected chi connectivity index (χ1v) is 7.77. The van der Waals surface area contributed by atoms with E-state index in [2.05, 4.69) is 10.3 Å². The lowest BCUT2D eigenvalue weighted by molar-refractivity contribution is -0.0736. The molecule has 1 fully saturated rings. The van der Waals surface area contributed by atoms with Crippen LogP contribution in [0.15, 0.2) is 54.9 Å². The third kappa shape index (κ3) is 4.37. The molecule has 1 aromatic carbocycles. The largest absolute Gasteiger partial charge is 0.379 e. The van der Waals surface area contributed by atoms with Gasteiger partial charge in [0.1, 0.15) is 6.10 Å². The van der Waals surface area contributed by atoms with Crippen molar-refractivity contribution in [1.29, 1.82) is 0 Å². The molecule has 0 unspecified atom stereocenters. The first-order valence-electron chi connectivity index (χ1n) is 7.77. The lowest BCUT2D eigenvalue weighted by Crippen LogP contribution is -2.49. The Labute approximate surface area is 135 Å². The number of benzene rings is 1. The highest BCUT2D eigenvalue weighted by atomic mass is 16.5. The lowest BCUT2D eigenvalue weighted by Gasteiger charge is -2.32. The molecule has 1 aromatic heterocycles. The van der Waals surface area contributed by atoms with E-state index in [1.165, 1.54) is 0 Å². The summed E-state index contributed by atoms with van der Waals surface area (Å²) in [5, 5.41) is 3.05. The zero-order valence-corrected chi connectivity index (χ0v) is 12.9. The van der Waals surface area contributed by atoms with Crippen LogP contribution in [0.2, 0.25) is 0 Å². The van der Waals surface area contributed by atoms with Crippen LogP contribution in [0.1, 0.15) is 22.3 Å². The van der Waals surface area contributed by atoms with Gasteiger partial charge in [0.2, 0.25) is 0 Å². The summed E-state index contributed by atoms with van der Waals surface area (Å²) in [5.74, 6) is -0.104. The van der Waals surface area contributed by atoms with E-state index in [0.717, 1.165) is 12.0 Å². The molecule has 2 aromatic rings. The van der Waals surface area contributed by atoms with Crippen molar-refractivity contribution in [1.82, 2.24) is 10.3 Å². The fourth-order valence-corrected chi connectivity index (χ4v) is 2.57. The van der Waals surface area contributed by atoms with Gasteiger partial charge in [-0.2, -0.15) is 0 Å². The van der Waals surface area contributed by atoms with Crippen LogP contribution in [0.5, 0.6) is 0 Å². The van der Waals surface area contributed by atoms with Gasteiger partial charge in [-0.25, -0.2) is 0 Å². The normalized spacial score (nSPS) is 20.9. The molecule has 2 heterocycles. The summed E-state index contributed by atoms with van der Waals surface area (Å²) in [4.78, 5) is 16.2. The number of hydrogen-bond donors (Lipinski definition) is 1. The predicted octanol–water partition coefficient (Wildman–Crippen LogP) is 2.19. The molecule has 1 N–H and O–H groups in total. The number of aromatic nitrogens is 1. The number of pyridine rings is 1. The minimum absolute atomic E-state index is 0.0480. The number of hydrogen-bond acceptors (Lipinski definition) is 4. The van der Waals surface area contributed by atoms with Gasteiger partial charge in [0.25, 0.3) is 5.91 Å². The van der Waals surface area contributed by atoms with Gasteiger partial charge in [0.05, 0.1) is 19.3 Å². The van der Waals surface area contributed by atoms with Crippen LogP contribution in [-0.2, 0) is 16.1 Å². The molecule has 3 rings (SSSR count). The van der Waals surface area contributed by atoms with Crippen LogP contribution in [0.3, 0.4) is 0 Å². The van der Waals surface area contributed by atoms with E-state index >= 15 is 0 Å². The van der Waals surface area contributed by atoms with Crippen LogP contribution < -0.4 is 5.32 Å². The van der Waals surface area contributed by atoms with E-state index in [0.29, 0.717) is 25.4 Å². The Bertz CT molecular complexity index is 619. The average molecular weight is 312 g/mol. The van der Waals surface area contributed by atoms with Gasteiger partial charge in [-0.05, 0) is 24.1 Å². The maximum atomic E-state index is 12.3. The predicted molar refractivity (Wildman–Crippen MR) is 85.9 cm³/mol. The van der Waals surface area contributed by atoms with E-state index in [-0.39, 0.29) is 18.1 Å². The summed E-state index contributed by atoms with van der Waals surface area (Å²) in [6.07, 6.45) is 3.83. The molecule has 0 radical (unpaired) electrons. The number of carbonyl (C=O) groups excluding carboxylic acids is 1. The van der Waals surface area contributed by atoms with E-state index in [4.69, 9.17) is 9.47 Å². The zero-order valence-electron chi connectivity index (χ0n) is 12.9. The Morgan fingerprint density at radius 2 is 2.00 bits per heavy atom. The second kappa shape index (κ2) is 7.85. The number of carbonyl (C=O) groups is 1. The molecule has 2 atom stereocenters. The number of amides is 1. The first kappa shape index (κ1) is 15.6. The Kier molecular flexibility index (Phi) is 5.34. The first-order chi connectivity index (χ1) is 11.3. The van der Waals surface area contributed by atoms with Gasteiger partial charge in [-0.1, -0.05) is 30.3 Å². The van der Waals surface area contributed by atoms with E-state index in [1.54, 1.807) is 24.5 Å². The Balaban J connectivity index is 1.59. The molecule has 0 bridgehead atoms. The van der Waals surface area contributed by atoms with E-state index in [9.17, 15) is 4.79 Å². The molecule has 5 heteroatoms. The number of nitrogens with one attached hydrogen (secondary N) is 1. The number of rotatable bonds is 5. The number of ether oxygens (including phenoxy) is 2. The Hall–Kier alpha value is -2.24. The lowest BCUT2D eigenvalue weighted by atomic mass is 10.1. The quantitative estimate of drug-likeness (QED) is 0.919. The maximum absolute atomic E-state index is 12.3. The molecule has 5 nitrogen and oxygen atoms in total. The fourth-order valence-electron chi connectivity index (χ4n) is 2.57. The van der Waals surface area contributed by atoms with Crippen molar-refractivity contribution >= 4 is 5.91 Å². The maximum Gasteiger partial charge on any atom is 0.251 e. The third-order valence-electron chi connectivity index (χ3n) is 3.87. The molecule has 1 amide bonds. The summed E-state index contributed by atoms with van der Waals surface area (Å²) in [5.41, 5.74) is 1.71. The molecular weight excluding hydrogens is 292 g/mol. The van der Waals surface area contributed by atoms with Gasteiger partial charge >= 0.3 is 0 Å². The smallest absolute Gasteiger partial charge is 0.251 e. The molecule has 0 aliphatic carbocycles. The van der Waals surface area contributed by atoms with Gasteiger partial charge in [-0.15, -0.1) is 0 Å². The minimum Gasteiger partial charge on any atom is -0.379 e. The SMILES string of the molecule is O=C(N[C@H]1CCOC[C@@H]1OCc1ccccc1)c1ccncc1. The van der Waals surface area contributed by atoms with Crippen LogP contribution >= 0.6 is 0 Å². The van der Waals surface area contributed by atoms with Gasteiger partial charge in [0, 0.05) is 24.6 Å². The summed E-state index contributed by atoms with van der Waals surface area (Å²) >= 11 is 0. The van der Waals surface area contributed by atoms with Crippen molar-refractivity contribution < 1.29 is 14.3 Å². The number of nitrogens with zero attached hydrogens (tertiary/aromatic N) is 1. The third-order valence-corrected chi connectivity index (χ3v) is 3.87. The van der Waals surface area contributed by atoms with Crippen LogP contribution in [0.25, 0.3) is 0 Å². The minimum atomic E-state index is -0.144. The molecule has 1 aliphatic rings. The van der Waals surface area contributed by atoms with Gasteiger partial charge in [-0.3, -0.25) is 9.78 Å². The van der Waals surface area contributed by atoms with Gasteiger partial charge in [0.15, 0.2) is 0 Å². The second-order valence-electron chi connectivity index (χ2n) is 5.51. The average Bonchev–Trinajstić information content (AvgIpc) is 2.62. The van der Waals surface area contributed by atoms with Crippen LogP contribution in [0.4, 0.5) is 0 Å². The molecule has 1 aliphatic heterocycles. The summed E-state index contributed by atoms with van der Waals surface area (Å²) in [6, 6.07) is 13.3. The monoisotopic (exact) mass is 312 g/mol. The summed E-state index contributed by atoms with van der Waals surface area (Å²) < 4.78 is 11.5. The Morgan fingerprint density at radius 3 is 2.78 bits per heavy atom. The molecule has 120 valence electrons. The van der Waals surface area contributed by atoms with Gasteiger partial charge < -0.3 is 14.8 Å². The standard InChI is InChI=1S/C18H20N2O3/c21-18(15-6-9-19-10-7-15)20-16-8-11-22-13-17(16)23-12-14-4-2-1-3-5-14/h1-7,9-10,16-17H,8,11-13H2,(H,20,21)/t16-,17-/m0/s1. The topological polar surface area (TPSA) is 60.5 Å². The molecular formula is C18H20N2O3. The van der Waals surface area contributed by atoms with E-state index in [1.807, 2.05) is 30.3 Å². The van der Waals surface area contributed by atoms with Crippen molar-refractivity contribution in [3.05, 3.63) is 66.0 Å². The van der Waals surface area contributed by atoms with Crippen LogP contribution in [-0.4, -0.2) is 36.3 Å². The van der Waals surface area contributed by atoms with Crippen molar-refractivity contribution in [2.75, 3.05) is 13.2 Å². The van der Waals surface area contributed by atoms with Crippen molar-refractivity contribution in [2.24, 2.45) is 0 Å². The highest BCUT2D eigenvalue weighted by Gasteiger charge is 2.28. The summed E-state index contributed by atoms with van der Waals surface area (Å²) in [7, 11) is 0. The van der Waals surface area contributed by atoms with Crippen molar-refractivity contribution in [3.63, 3.8) is 0 Å². The van der Waals surface area contributed by atoms with Crippen LogP contribution in [0, 0.1) is 0 Å². The van der Waals surface area contributed by atoms with E-state index < -0.39 is 0 Å². The zero-order chi connectivity index (χ0) is 15.9. The van der Waals surface area contributed by atoms with Crippen molar-refractivity contribution in [3.8, 4) is 0 Å². The molecule has 0 saturated carbocycles. The fraction of sp³-hybridized carbons (Fsp3) is 0.333. The highest BCUT2D eigenvalue weighted by Crippen LogP contribution is 2.14. The molecule has 23 heavy (non-hydrogen) atoms. The van der Waals surface area contributed by atoms with Crippen molar-refractivity contribution in [2.45, 2.75) is 25.2 Å². The second-order valence-corrected chi connectivity index (χ2v) is 5.51. The molecule has 0 spiro atoms. The summed E-state index contributed by atoms with van der Waals surface area (Å²) in [6.45, 7) is 1.64. The molecule has 1 saturated heterocycles. The highest BCUT2D eigenvalue weighted by molar-refractivity contribution is 5.94.